The summed E-state index contributed by atoms with van der Waals surface area (Å²) in [7, 11) is 0. The molecule has 0 amide bonds. The molecule has 0 radical (unpaired) electrons. The molecule has 3 N–H and O–H groups in total. The molecule has 0 spiro atoms. The summed E-state index contributed by atoms with van der Waals surface area (Å²) in [5.74, 6) is 1.06. The second kappa shape index (κ2) is 8.54. The molecule has 1 aliphatic carbocycles. The van der Waals surface area contributed by atoms with Crippen molar-refractivity contribution in [3.05, 3.63) is 46.8 Å². The standard InChI is InChI=1S/C24H30F3N7O/c1-12(2)34-23(35-17-8-13(3)7-16(10-17)24(25,26)27)29-22(32-34)33-11-15-5-6-18(20(15)28)21(33)19-9-14(4)30-31-19/h7-10,12,15,18,20-21H,5-6,11,28H2,1-4H3,(H,30,31). The summed E-state index contributed by atoms with van der Waals surface area (Å²) in [5.41, 5.74) is 8.11. The Morgan fingerprint density at radius 1 is 1.14 bits per heavy atom. The van der Waals surface area contributed by atoms with Crippen LogP contribution in [-0.4, -0.2) is 37.5 Å². The van der Waals surface area contributed by atoms with E-state index in [-0.39, 0.29) is 35.8 Å². The molecular weight excluding hydrogens is 459 g/mol. The molecule has 2 bridgehead atoms. The Kier molecular flexibility index (Phi) is 5.77. The number of halogens is 3. The number of nitrogens with two attached hydrogens (primary N) is 1. The maximum absolute atomic E-state index is 13.3. The van der Waals surface area contributed by atoms with Gasteiger partial charge in [-0.3, -0.25) is 5.10 Å². The van der Waals surface area contributed by atoms with Gasteiger partial charge in [-0.1, -0.05) is 0 Å². The average molecular weight is 490 g/mol. The van der Waals surface area contributed by atoms with Gasteiger partial charge < -0.3 is 15.4 Å². The van der Waals surface area contributed by atoms with Crippen LogP contribution in [0.5, 0.6) is 11.8 Å². The number of ether oxygens (including phenoxy) is 1. The maximum atomic E-state index is 13.3. The van der Waals surface area contributed by atoms with Crippen molar-refractivity contribution in [3.63, 3.8) is 0 Å². The van der Waals surface area contributed by atoms with Gasteiger partial charge in [0.25, 0.3) is 0 Å². The summed E-state index contributed by atoms with van der Waals surface area (Å²) < 4.78 is 47.5. The smallest absolute Gasteiger partial charge is 0.416 e. The SMILES string of the molecule is Cc1cc(Oc2nc(N3CC4CCC(C4N)C3c3cc(C)[nH]n3)nn2C(C)C)cc(C(F)(F)F)c1. The lowest BCUT2D eigenvalue weighted by molar-refractivity contribution is -0.137. The molecule has 35 heavy (non-hydrogen) atoms. The number of hydrogen-bond acceptors (Lipinski definition) is 6. The number of aryl methyl sites for hydroxylation is 2. The molecule has 1 aromatic carbocycles. The second-order valence-electron chi connectivity index (χ2n) is 10.0. The molecule has 2 aliphatic rings. The lowest BCUT2D eigenvalue weighted by Gasteiger charge is -2.42. The lowest BCUT2D eigenvalue weighted by atomic mass is 9.84. The zero-order valence-corrected chi connectivity index (χ0v) is 20.2. The van der Waals surface area contributed by atoms with Crippen LogP contribution in [0.15, 0.2) is 24.3 Å². The maximum Gasteiger partial charge on any atom is 0.416 e. The minimum atomic E-state index is -4.47. The predicted molar refractivity (Wildman–Crippen MR) is 124 cm³/mol. The van der Waals surface area contributed by atoms with Gasteiger partial charge in [0.15, 0.2) is 0 Å². The number of nitrogens with zero attached hydrogens (tertiary/aromatic N) is 5. The van der Waals surface area contributed by atoms with Crippen molar-refractivity contribution in [2.75, 3.05) is 11.4 Å². The highest BCUT2D eigenvalue weighted by molar-refractivity contribution is 5.41. The fourth-order valence-corrected chi connectivity index (χ4v) is 5.40. The number of nitrogens with one attached hydrogen (secondary N) is 1. The lowest BCUT2D eigenvalue weighted by Crippen LogP contribution is -2.51. The number of rotatable bonds is 5. The van der Waals surface area contributed by atoms with E-state index in [2.05, 4.69) is 20.1 Å². The van der Waals surface area contributed by atoms with E-state index >= 15 is 0 Å². The van der Waals surface area contributed by atoms with E-state index < -0.39 is 11.7 Å². The Balaban J connectivity index is 1.53. The van der Waals surface area contributed by atoms with Crippen molar-refractivity contribution in [1.29, 1.82) is 0 Å². The number of anilines is 1. The van der Waals surface area contributed by atoms with Crippen LogP contribution in [-0.2, 0) is 6.18 Å². The Labute approximate surface area is 201 Å². The number of alkyl halides is 3. The first-order valence-electron chi connectivity index (χ1n) is 11.9. The van der Waals surface area contributed by atoms with Crippen LogP contribution in [0.1, 0.15) is 61.3 Å². The second-order valence-corrected chi connectivity index (χ2v) is 10.0. The van der Waals surface area contributed by atoms with Gasteiger partial charge in [-0.05, 0) is 76.3 Å². The van der Waals surface area contributed by atoms with Crippen LogP contribution >= 0.6 is 0 Å². The first kappa shape index (κ1) is 23.7. The summed E-state index contributed by atoms with van der Waals surface area (Å²) in [5, 5.41) is 12.3. The molecule has 3 heterocycles. The van der Waals surface area contributed by atoms with Crippen LogP contribution in [0.25, 0.3) is 0 Å². The molecule has 1 saturated heterocycles. The predicted octanol–water partition coefficient (Wildman–Crippen LogP) is 4.92. The van der Waals surface area contributed by atoms with Crippen LogP contribution in [0, 0.1) is 25.7 Å². The van der Waals surface area contributed by atoms with Gasteiger partial charge in [-0.2, -0.15) is 23.3 Å². The van der Waals surface area contributed by atoms with E-state index in [9.17, 15) is 13.2 Å². The fourth-order valence-electron chi connectivity index (χ4n) is 5.40. The number of aromatic nitrogens is 5. The van der Waals surface area contributed by atoms with Crippen molar-refractivity contribution in [2.45, 2.75) is 64.8 Å². The molecule has 1 saturated carbocycles. The number of fused-ring (bicyclic) bond motifs is 2. The van der Waals surface area contributed by atoms with Crippen LogP contribution in [0.4, 0.5) is 19.1 Å². The van der Waals surface area contributed by atoms with E-state index in [0.717, 1.165) is 36.4 Å². The Morgan fingerprint density at radius 2 is 1.91 bits per heavy atom. The monoisotopic (exact) mass is 489 g/mol. The van der Waals surface area contributed by atoms with Crippen molar-refractivity contribution >= 4 is 5.95 Å². The molecule has 1 aliphatic heterocycles. The first-order chi connectivity index (χ1) is 16.5. The third-order valence-corrected chi connectivity index (χ3v) is 7.03. The van der Waals surface area contributed by atoms with Gasteiger partial charge >= 0.3 is 12.2 Å². The van der Waals surface area contributed by atoms with Gasteiger partial charge in [0.1, 0.15) is 5.75 Å². The highest BCUT2D eigenvalue weighted by Gasteiger charge is 2.49. The molecule has 188 valence electrons. The largest absolute Gasteiger partial charge is 0.424 e. The molecule has 11 heteroatoms. The zero-order chi connectivity index (χ0) is 25.1. The zero-order valence-electron chi connectivity index (χ0n) is 20.2. The molecule has 5 rings (SSSR count). The summed E-state index contributed by atoms with van der Waals surface area (Å²) in [6, 6.07) is 5.66. The van der Waals surface area contributed by atoms with Crippen molar-refractivity contribution in [1.82, 2.24) is 25.0 Å². The molecular formula is C24H30F3N7O. The number of H-pyrrole nitrogens is 1. The van der Waals surface area contributed by atoms with Crippen molar-refractivity contribution in [2.24, 2.45) is 17.6 Å². The summed E-state index contributed by atoms with van der Waals surface area (Å²) in [6.07, 6.45) is -2.45. The normalized spacial score (nSPS) is 24.4. The molecule has 4 atom stereocenters. The van der Waals surface area contributed by atoms with E-state index in [1.807, 2.05) is 26.8 Å². The Morgan fingerprint density at radius 3 is 2.57 bits per heavy atom. The van der Waals surface area contributed by atoms with Crippen LogP contribution in [0.2, 0.25) is 0 Å². The van der Waals surface area contributed by atoms with Gasteiger partial charge in [0.05, 0.1) is 23.3 Å². The molecule has 8 nitrogen and oxygen atoms in total. The minimum absolute atomic E-state index is 0.0680. The fraction of sp³-hybridized carbons (Fsp3) is 0.542. The van der Waals surface area contributed by atoms with Crippen molar-refractivity contribution in [3.8, 4) is 11.8 Å². The summed E-state index contributed by atoms with van der Waals surface area (Å²) in [6.45, 7) is 8.08. The van der Waals surface area contributed by atoms with E-state index in [0.29, 0.717) is 24.0 Å². The number of piperidine rings is 1. The molecule has 2 fully saturated rings. The van der Waals surface area contributed by atoms with E-state index in [1.165, 1.54) is 0 Å². The van der Waals surface area contributed by atoms with Gasteiger partial charge in [-0.15, -0.1) is 5.10 Å². The number of benzene rings is 1. The first-order valence-corrected chi connectivity index (χ1v) is 11.9. The minimum Gasteiger partial charge on any atom is -0.424 e. The highest BCUT2D eigenvalue weighted by atomic mass is 19.4. The third-order valence-electron chi connectivity index (χ3n) is 7.03. The third kappa shape index (κ3) is 4.37. The quantitative estimate of drug-likeness (QED) is 0.528. The Hall–Kier alpha value is -3.08. The van der Waals surface area contributed by atoms with Gasteiger partial charge in [0.2, 0.25) is 5.95 Å². The van der Waals surface area contributed by atoms with Crippen LogP contribution in [0.3, 0.4) is 0 Å². The van der Waals surface area contributed by atoms with Crippen LogP contribution < -0.4 is 15.4 Å². The summed E-state index contributed by atoms with van der Waals surface area (Å²) in [4.78, 5) is 6.80. The van der Waals surface area contributed by atoms with Gasteiger partial charge in [-0.25, -0.2) is 4.68 Å². The molecule has 4 unspecified atom stereocenters. The topological polar surface area (TPSA) is 97.9 Å². The molecule has 2 aromatic heterocycles. The van der Waals surface area contributed by atoms with E-state index in [4.69, 9.17) is 15.6 Å². The van der Waals surface area contributed by atoms with Gasteiger partial charge in [0, 0.05) is 24.2 Å². The summed E-state index contributed by atoms with van der Waals surface area (Å²) >= 11 is 0. The van der Waals surface area contributed by atoms with E-state index in [1.54, 1.807) is 17.7 Å². The van der Waals surface area contributed by atoms with Crippen molar-refractivity contribution < 1.29 is 17.9 Å². The average Bonchev–Trinajstić information content (AvgIpc) is 3.43. The molecule has 3 aromatic rings. The number of hydrogen-bond donors (Lipinski definition) is 2. The highest BCUT2D eigenvalue weighted by Crippen LogP contribution is 2.48. The number of aromatic amines is 1. The Bertz CT molecular complexity index is 1220.